The number of rotatable bonds is 32. The third kappa shape index (κ3) is 33.3. The van der Waals surface area contributed by atoms with Crippen LogP contribution < -0.4 is 0 Å². The van der Waals surface area contributed by atoms with E-state index in [4.69, 9.17) is 47.4 Å². The second-order valence-corrected chi connectivity index (χ2v) is 7.23. The van der Waals surface area contributed by atoms with Crippen LogP contribution in [0.25, 0.3) is 0 Å². The Morgan fingerprint density at radius 3 is 0.829 bits per heavy atom. The molecule has 0 aliphatic carbocycles. The van der Waals surface area contributed by atoms with Gasteiger partial charge in [-0.15, -0.1) is 6.58 Å². The Labute approximate surface area is 212 Å². The molecule has 0 fully saturated rings. The van der Waals surface area contributed by atoms with E-state index in [2.05, 4.69) is 13.5 Å². The topological polar surface area (TPSA) is 92.3 Å². The van der Waals surface area contributed by atoms with Crippen LogP contribution in [0.2, 0.25) is 0 Å². The molecule has 0 aromatic carbocycles. The minimum Gasteiger partial charge on any atom is -0.379 e. The van der Waals surface area contributed by atoms with E-state index in [1.165, 1.54) is 0 Å². The molecule has 0 bridgehead atoms. The lowest BCUT2D eigenvalue weighted by molar-refractivity contribution is -0.0261. The molecule has 0 aromatic heterocycles. The van der Waals surface area contributed by atoms with Gasteiger partial charge >= 0.3 is 0 Å². The highest BCUT2D eigenvalue weighted by Gasteiger charge is 1.95. The summed E-state index contributed by atoms with van der Waals surface area (Å²) >= 11 is 0. The first-order valence-electron chi connectivity index (χ1n) is 12.8. The average Bonchev–Trinajstić information content (AvgIpc) is 2.87. The molecule has 0 aromatic rings. The Morgan fingerprint density at radius 1 is 0.371 bits per heavy atom. The van der Waals surface area contributed by atoms with Crippen LogP contribution in [0.15, 0.2) is 12.7 Å². The highest BCUT2D eigenvalue weighted by Crippen LogP contribution is 1.89. The van der Waals surface area contributed by atoms with E-state index in [0.29, 0.717) is 126 Å². The van der Waals surface area contributed by atoms with E-state index in [9.17, 15) is 0 Å². The van der Waals surface area contributed by atoms with Gasteiger partial charge in [0.15, 0.2) is 0 Å². The third-order valence-corrected chi connectivity index (χ3v) is 4.23. The standard InChI is InChI=1S/C25H50O10/c1-3-5-7-27-9-11-29-13-15-31-17-19-33-21-23-35-25-24-34-22-20-32-18-16-30-14-12-28-10-8-26-6-4-2/h4H,2-3,5-25H2,1H3. The molecule has 0 heterocycles. The van der Waals surface area contributed by atoms with Gasteiger partial charge in [0.2, 0.25) is 0 Å². The third-order valence-electron chi connectivity index (χ3n) is 4.23. The van der Waals surface area contributed by atoms with Crippen LogP contribution in [0.4, 0.5) is 0 Å². The minimum atomic E-state index is 0.528. The fourth-order valence-corrected chi connectivity index (χ4v) is 2.39. The second-order valence-electron chi connectivity index (χ2n) is 7.23. The molecule has 0 rings (SSSR count). The predicted molar refractivity (Wildman–Crippen MR) is 133 cm³/mol. The van der Waals surface area contributed by atoms with Crippen LogP contribution >= 0.6 is 0 Å². The van der Waals surface area contributed by atoms with Gasteiger partial charge in [-0.05, 0) is 6.42 Å². The lowest BCUT2D eigenvalue weighted by Gasteiger charge is -2.09. The highest BCUT2D eigenvalue weighted by atomic mass is 16.6. The van der Waals surface area contributed by atoms with E-state index < -0.39 is 0 Å². The molecule has 10 heteroatoms. The normalized spacial score (nSPS) is 11.3. The Hall–Kier alpha value is -0.660. The number of ether oxygens (including phenoxy) is 10. The van der Waals surface area contributed by atoms with E-state index in [1.54, 1.807) is 6.08 Å². The van der Waals surface area contributed by atoms with E-state index in [0.717, 1.165) is 19.4 Å². The molecule has 0 unspecified atom stereocenters. The average molecular weight is 511 g/mol. The van der Waals surface area contributed by atoms with Crippen LogP contribution in [-0.4, -0.2) is 132 Å². The van der Waals surface area contributed by atoms with Crippen molar-refractivity contribution in [2.45, 2.75) is 19.8 Å². The van der Waals surface area contributed by atoms with Gasteiger partial charge < -0.3 is 47.4 Å². The first-order valence-corrected chi connectivity index (χ1v) is 12.8. The summed E-state index contributed by atoms with van der Waals surface area (Å²) in [5, 5.41) is 0. The maximum atomic E-state index is 5.45. The molecule has 210 valence electrons. The summed E-state index contributed by atoms with van der Waals surface area (Å²) in [6.45, 7) is 17.0. The Kier molecular flexibility index (Phi) is 32.7. The number of hydrogen-bond acceptors (Lipinski definition) is 10. The van der Waals surface area contributed by atoms with Crippen LogP contribution in [-0.2, 0) is 47.4 Å². The monoisotopic (exact) mass is 510 g/mol. The SMILES string of the molecule is C=CCOCCOCCOCCOCCOCCOCCOCCOCCOCCOCCCC. The van der Waals surface area contributed by atoms with Crippen LogP contribution in [0, 0.1) is 0 Å². The van der Waals surface area contributed by atoms with E-state index in [-0.39, 0.29) is 0 Å². The zero-order valence-electron chi connectivity index (χ0n) is 21.9. The lowest BCUT2D eigenvalue weighted by atomic mass is 10.4. The lowest BCUT2D eigenvalue weighted by Crippen LogP contribution is -2.15. The van der Waals surface area contributed by atoms with Crippen molar-refractivity contribution >= 4 is 0 Å². The van der Waals surface area contributed by atoms with Crippen LogP contribution in [0.1, 0.15) is 19.8 Å². The fourth-order valence-electron chi connectivity index (χ4n) is 2.39. The van der Waals surface area contributed by atoms with Crippen LogP contribution in [0.3, 0.4) is 0 Å². The Bertz CT molecular complexity index is 387. The van der Waals surface area contributed by atoms with Crippen LogP contribution in [0.5, 0.6) is 0 Å². The number of hydrogen-bond donors (Lipinski definition) is 0. The van der Waals surface area contributed by atoms with Gasteiger partial charge in [0.25, 0.3) is 0 Å². The predicted octanol–water partition coefficient (Wildman–Crippen LogP) is 2.14. The number of unbranched alkanes of at least 4 members (excludes halogenated alkanes) is 1. The molecule has 0 radical (unpaired) electrons. The van der Waals surface area contributed by atoms with Crippen molar-refractivity contribution in [1.82, 2.24) is 0 Å². The quantitative estimate of drug-likeness (QED) is 0.0990. The molecule has 0 saturated carbocycles. The van der Waals surface area contributed by atoms with Gasteiger partial charge in [-0.2, -0.15) is 0 Å². The van der Waals surface area contributed by atoms with Crippen molar-refractivity contribution in [2.24, 2.45) is 0 Å². The van der Waals surface area contributed by atoms with Gasteiger partial charge in [0, 0.05) is 6.61 Å². The molecular formula is C25H50O10. The fraction of sp³-hybridized carbons (Fsp3) is 0.920. The van der Waals surface area contributed by atoms with Gasteiger partial charge in [-0.3, -0.25) is 0 Å². The van der Waals surface area contributed by atoms with Crippen molar-refractivity contribution in [2.75, 3.05) is 132 Å². The van der Waals surface area contributed by atoms with Gasteiger partial charge in [0.1, 0.15) is 0 Å². The van der Waals surface area contributed by atoms with Crippen molar-refractivity contribution in [1.29, 1.82) is 0 Å². The highest BCUT2D eigenvalue weighted by molar-refractivity contribution is 4.63. The molecule has 0 aliphatic rings. The minimum absolute atomic E-state index is 0.528. The first kappa shape index (κ1) is 34.3. The maximum absolute atomic E-state index is 5.45. The summed E-state index contributed by atoms with van der Waals surface area (Å²) < 4.78 is 54.0. The largest absolute Gasteiger partial charge is 0.379 e. The summed E-state index contributed by atoms with van der Waals surface area (Å²) in [7, 11) is 0. The van der Waals surface area contributed by atoms with E-state index in [1.807, 2.05) is 0 Å². The van der Waals surface area contributed by atoms with Gasteiger partial charge in [-0.25, -0.2) is 0 Å². The molecule has 0 spiro atoms. The van der Waals surface area contributed by atoms with Crippen molar-refractivity contribution in [3.05, 3.63) is 12.7 Å². The first-order chi connectivity index (χ1) is 17.4. The molecule has 0 aliphatic heterocycles. The zero-order valence-corrected chi connectivity index (χ0v) is 21.9. The van der Waals surface area contributed by atoms with Crippen molar-refractivity contribution in [3.8, 4) is 0 Å². The second kappa shape index (κ2) is 33.3. The molecule has 0 atom stereocenters. The smallest absolute Gasteiger partial charge is 0.0704 e. The molecule has 0 saturated heterocycles. The summed E-state index contributed by atoms with van der Waals surface area (Å²) in [6.07, 6.45) is 3.96. The Morgan fingerprint density at radius 2 is 0.600 bits per heavy atom. The van der Waals surface area contributed by atoms with Crippen molar-refractivity contribution in [3.63, 3.8) is 0 Å². The summed E-state index contributed by atoms with van der Waals surface area (Å²) in [5.41, 5.74) is 0. The zero-order chi connectivity index (χ0) is 25.3. The molecule has 10 nitrogen and oxygen atoms in total. The summed E-state index contributed by atoms with van der Waals surface area (Å²) in [6, 6.07) is 0. The van der Waals surface area contributed by atoms with Gasteiger partial charge in [0.05, 0.1) is 126 Å². The van der Waals surface area contributed by atoms with E-state index >= 15 is 0 Å². The molecular weight excluding hydrogens is 460 g/mol. The molecule has 0 amide bonds. The summed E-state index contributed by atoms with van der Waals surface area (Å²) in [4.78, 5) is 0. The summed E-state index contributed by atoms with van der Waals surface area (Å²) in [5.74, 6) is 0. The Balaban J connectivity index is 3.00. The maximum Gasteiger partial charge on any atom is 0.0704 e. The molecule has 35 heavy (non-hydrogen) atoms. The van der Waals surface area contributed by atoms with Gasteiger partial charge in [-0.1, -0.05) is 19.4 Å². The molecule has 0 N–H and O–H groups in total. The van der Waals surface area contributed by atoms with Crippen molar-refractivity contribution < 1.29 is 47.4 Å².